The average molecular weight is 377 g/mol. The predicted octanol–water partition coefficient (Wildman–Crippen LogP) is 2.73. The van der Waals surface area contributed by atoms with Gasteiger partial charge in [0.25, 0.3) is 0 Å². The minimum absolute atomic E-state index is 0.104. The Morgan fingerprint density at radius 1 is 1.36 bits per heavy atom. The minimum Gasteiger partial charge on any atom is -0.481 e. The summed E-state index contributed by atoms with van der Waals surface area (Å²) in [5, 5.41) is 11.4. The Labute approximate surface area is 134 Å². The highest BCUT2D eigenvalue weighted by atomic mass is 79.9. The van der Waals surface area contributed by atoms with E-state index in [0.29, 0.717) is 19.4 Å². The van der Waals surface area contributed by atoms with E-state index in [4.69, 9.17) is 5.11 Å². The molecular weight excluding hydrogens is 362 g/mol. The molecule has 5 nitrogen and oxygen atoms in total. The molecule has 0 saturated carbocycles. The molecular formula is C14H15BrF2N2O3. The fourth-order valence-electron chi connectivity index (χ4n) is 2.38. The summed E-state index contributed by atoms with van der Waals surface area (Å²) < 4.78 is 27.6. The summed E-state index contributed by atoms with van der Waals surface area (Å²) in [6.45, 7) is 0.241. The first-order valence-corrected chi connectivity index (χ1v) is 7.56. The van der Waals surface area contributed by atoms with Crippen molar-refractivity contribution in [2.75, 3.05) is 13.1 Å². The van der Waals surface area contributed by atoms with Gasteiger partial charge in [-0.1, -0.05) is 15.9 Å². The van der Waals surface area contributed by atoms with Gasteiger partial charge >= 0.3 is 12.0 Å². The van der Waals surface area contributed by atoms with Gasteiger partial charge in [-0.25, -0.2) is 13.6 Å². The molecule has 120 valence electrons. The van der Waals surface area contributed by atoms with Crippen LogP contribution in [0.4, 0.5) is 13.6 Å². The number of amides is 2. The number of hydrogen-bond acceptors (Lipinski definition) is 2. The van der Waals surface area contributed by atoms with Crippen LogP contribution in [-0.4, -0.2) is 35.1 Å². The first kappa shape index (κ1) is 16.7. The second-order valence-corrected chi connectivity index (χ2v) is 6.05. The third-order valence-electron chi connectivity index (χ3n) is 3.58. The molecule has 1 unspecified atom stereocenters. The van der Waals surface area contributed by atoms with Gasteiger partial charge in [0, 0.05) is 23.1 Å². The van der Waals surface area contributed by atoms with Crippen molar-refractivity contribution < 1.29 is 23.5 Å². The first-order valence-electron chi connectivity index (χ1n) is 6.77. The van der Waals surface area contributed by atoms with Gasteiger partial charge in [0.2, 0.25) is 0 Å². The summed E-state index contributed by atoms with van der Waals surface area (Å²) in [7, 11) is 0. The standard InChI is InChI=1S/C14H15BrF2N2O3/c15-9-4-11(16)10(12(17)5-9)6-18-14(22)19-3-1-2-8(7-19)13(20)21/h4-5,8H,1-3,6-7H2,(H,18,22)(H,20,21). The van der Waals surface area contributed by atoms with Crippen LogP contribution in [0, 0.1) is 17.6 Å². The number of benzene rings is 1. The molecule has 0 bridgehead atoms. The van der Waals surface area contributed by atoms with Crippen LogP contribution in [0.1, 0.15) is 18.4 Å². The van der Waals surface area contributed by atoms with E-state index in [2.05, 4.69) is 21.2 Å². The fourth-order valence-corrected chi connectivity index (χ4v) is 2.78. The number of hydrogen-bond donors (Lipinski definition) is 2. The second-order valence-electron chi connectivity index (χ2n) is 5.13. The Hall–Kier alpha value is -1.70. The van der Waals surface area contributed by atoms with E-state index < -0.39 is 29.6 Å². The van der Waals surface area contributed by atoms with Gasteiger partial charge < -0.3 is 15.3 Å². The number of nitrogens with one attached hydrogen (secondary N) is 1. The molecule has 1 aliphatic heterocycles. The van der Waals surface area contributed by atoms with Crippen LogP contribution >= 0.6 is 15.9 Å². The SMILES string of the molecule is O=C(O)C1CCCN(C(=O)NCc2c(F)cc(Br)cc2F)C1. The van der Waals surface area contributed by atoms with Crippen molar-refractivity contribution in [2.24, 2.45) is 5.92 Å². The topological polar surface area (TPSA) is 69.6 Å². The third-order valence-corrected chi connectivity index (χ3v) is 4.04. The number of carboxylic acids is 1. The Morgan fingerprint density at radius 2 is 2.00 bits per heavy atom. The number of nitrogens with zero attached hydrogens (tertiary/aromatic N) is 1. The molecule has 0 radical (unpaired) electrons. The average Bonchev–Trinajstić information content (AvgIpc) is 2.46. The van der Waals surface area contributed by atoms with E-state index in [1.54, 1.807) is 0 Å². The number of halogens is 3. The second kappa shape index (κ2) is 7.04. The van der Waals surface area contributed by atoms with Crippen LogP contribution in [0.5, 0.6) is 0 Å². The normalized spacial score (nSPS) is 18.1. The first-order chi connectivity index (χ1) is 10.4. The molecule has 1 atom stereocenters. The molecule has 1 aromatic carbocycles. The van der Waals surface area contributed by atoms with Gasteiger partial charge in [0.1, 0.15) is 11.6 Å². The molecule has 1 heterocycles. The minimum atomic E-state index is -0.942. The summed E-state index contributed by atoms with van der Waals surface area (Å²) in [5.74, 6) is -3.05. The van der Waals surface area contributed by atoms with E-state index in [1.807, 2.05) is 0 Å². The van der Waals surface area contributed by atoms with Crippen molar-refractivity contribution in [1.82, 2.24) is 10.2 Å². The van der Waals surface area contributed by atoms with E-state index in [0.717, 1.165) is 12.1 Å². The number of likely N-dealkylation sites (tertiary alicyclic amines) is 1. The summed E-state index contributed by atoms with van der Waals surface area (Å²) in [5.41, 5.74) is -0.233. The highest BCUT2D eigenvalue weighted by Crippen LogP contribution is 2.20. The largest absolute Gasteiger partial charge is 0.481 e. The van der Waals surface area contributed by atoms with E-state index in [1.165, 1.54) is 4.90 Å². The monoisotopic (exact) mass is 376 g/mol. The summed E-state index contributed by atoms with van der Waals surface area (Å²) in [4.78, 5) is 24.3. The molecule has 22 heavy (non-hydrogen) atoms. The number of piperidine rings is 1. The smallest absolute Gasteiger partial charge is 0.317 e. The predicted molar refractivity (Wildman–Crippen MR) is 78.2 cm³/mol. The molecule has 2 N–H and O–H groups in total. The highest BCUT2D eigenvalue weighted by molar-refractivity contribution is 9.10. The molecule has 1 fully saturated rings. The molecule has 2 amide bonds. The lowest BCUT2D eigenvalue weighted by atomic mass is 9.99. The Bertz CT molecular complexity index is 574. The number of rotatable bonds is 3. The third kappa shape index (κ3) is 3.94. The van der Waals surface area contributed by atoms with E-state index in [9.17, 15) is 18.4 Å². The number of aliphatic carboxylic acids is 1. The molecule has 8 heteroatoms. The van der Waals surface area contributed by atoms with Gasteiger partial charge in [-0.15, -0.1) is 0 Å². The summed E-state index contributed by atoms with van der Waals surface area (Å²) >= 11 is 2.98. The zero-order chi connectivity index (χ0) is 16.3. The van der Waals surface area contributed by atoms with Crippen molar-refractivity contribution in [3.8, 4) is 0 Å². The van der Waals surface area contributed by atoms with Gasteiger partial charge in [0.15, 0.2) is 0 Å². The quantitative estimate of drug-likeness (QED) is 0.851. The van der Waals surface area contributed by atoms with Crippen LogP contribution < -0.4 is 5.32 Å². The van der Waals surface area contributed by atoms with Crippen LogP contribution in [0.25, 0.3) is 0 Å². The van der Waals surface area contributed by atoms with Gasteiger partial charge in [-0.3, -0.25) is 4.79 Å². The molecule has 0 aromatic heterocycles. The molecule has 0 aliphatic carbocycles. The zero-order valence-electron chi connectivity index (χ0n) is 11.6. The van der Waals surface area contributed by atoms with Crippen molar-refractivity contribution in [1.29, 1.82) is 0 Å². The van der Waals surface area contributed by atoms with Crippen molar-refractivity contribution in [3.05, 3.63) is 33.8 Å². The summed E-state index contributed by atoms with van der Waals surface area (Å²) in [6.07, 6.45) is 1.11. The maximum atomic E-state index is 13.7. The molecule has 1 aromatic rings. The van der Waals surface area contributed by atoms with Gasteiger partial charge in [0.05, 0.1) is 12.5 Å². The highest BCUT2D eigenvalue weighted by Gasteiger charge is 2.28. The van der Waals surface area contributed by atoms with Crippen molar-refractivity contribution in [3.63, 3.8) is 0 Å². The number of carboxylic acid groups (broad SMARTS) is 1. The molecule has 1 saturated heterocycles. The van der Waals surface area contributed by atoms with Crippen LogP contribution in [0.2, 0.25) is 0 Å². The lowest BCUT2D eigenvalue weighted by Gasteiger charge is -2.30. The molecule has 0 spiro atoms. The maximum absolute atomic E-state index is 13.7. The Morgan fingerprint density at radius 3 is 2.59 bits per heavy atom. The van der Waals surface area contributed by atoms with Crippen LogP contribution in [-0.2, 0) is 11.3 Å². The van der Waals surface area contributed by atoms with E-state index in [-0.39, 0.29) is 23.1 Å². The van der Waals surface area contributed by atoms with Gasteiger partial charge in [-0.05, 0) is 25.0 Å². The molecule has 2 rings (SSSR count). The summed E-state index contributed by atoms with van der Waals surface area (Å²) in [6, 6.07) is 1.71. The van der Waals surface area contributed by atoms with Crippen molar-refractivity contribution in [2.45, 2.75) is 19.4 Å². The maximum Gasteiger partial charge on any atom is 0.317 e. The number of urea groups is 1. The number of carbonyl (C=O) groups is 2. The molecule has 1 aliphatic rings. The lowest BCUT2D eigenvalue weighted by molar-refractivity contribution is -0.143. The zero-order valence-corrected chi connectivity index (χ0v) is 13.2. The van der Waals surface area contributed by atoms with Gasteiger partial charge in [-0.2, -0.15) is 0 Å². The van der Waals surface area contributed by atoms with E-state index >= 15 is 0 Å². The fraction of sp³-hybridized carbons (Fsp3) is 0.429. The van der Waals surface area contributed by atoms with Crippen LogP contribution in [0.15, 0.2) is 16.6 Å². The number of carbonyl (C=O) groups excluding carboxylic acids is 1. The van der Waals surface area contributed by atoms with Crippen LogP contribution in [0.3, 0.4) is 0 Å². The Balaban J connectivity index is 1.97. The lowest BCUT2D eigenvalue weighted by Crippen LogP contribution is -2.46. The Kier molecular flexibility index (Phi) is 5.33. The van der Waals surface area contributed by atoms with Crippen molar-refractivity contribution >= 4 is 27.9 Å².